The highest BCUT2D eigenvalue weighted by Gasteiger charge is 2.27. The lowest BCUT2D eigenvalue weighted by Gasteiger charge is -2.34. The average Bonchev–Trinajstić information content (AvgIpc) is 3.14. The first kappa shape index (κ1) is 23.0. The van der Waals surface area contributed by atoms with E-state index < -0.39 is 6.09 Å². The maximum Gasteiger partial charge on any atom is 0.415 e. The Morgan fingerprint density at radius 3 is 2.00 bits per heavy atom. The SMILES string of the molecule is Cc1c(C)c(C)c(OC(=O)N2CCN(C(=O)Cn3sc4ccccc4c3=O)CC2)c(C)c1C. The van der Waals surface area contributed by atoms with E-state index in [1.165, 1.54) is 21.1 Å². The molecule has 0 unspecified atom stereocenters. The Balaban J connectivity index is 1.39. The third kappa shape index (κ3) is 4.27. The van der Waals surface area contributed by atoms with Crippen molar-refractivity contribution in [2.45, 2.75) is 41.2 Å². The van der Waals surface area contributed by atoms with Gasteiger partial charge in [0, 0.05) is 26.2 Å². The third-order valence-corrected chi connectivity index (χ3v) is 7.91. The quantitative estimate of drug-likeness (QED) is 0.585. The van der Waals surface area contributed by atoms with Crippen molar-refractivity contribution < 1.29 is 14.3 Å². The van der Waals surface area contributed by atoms with E-state index in [1.807, 2.05) is 45.9 Å². The number of aromatic nitrogens is 1. The molecule has 0 aliphatic carbocycles. The second-order valence-corrected chi connectivity index (χ2v) is 9.68. The van der Waals surface area contributed by atoms with Crippen LogP contribution in [0.3, 0.4) is 0 Å². The smallest absolute Gasteiger partial charge is 0.410 e. The summed E-state index contributed by atoms with van der Waals surface area (Å²) in [5.74, 6) is 0.511. The molecule has 1 aliphatic rings. The van der Waals surface area contributed by atoms with Crippen molar-refractivity contribution in [3.8, 4) is 5.75 Å². The van der Waals surface area contributed by atoms with E-state index in [4.69, 9.17) is 4.74 Å². The molecule has 1 aliphatic heterocycles. The number of amides is 2. The molecule has 1 aromatic heterocycles. The van der Waals surface area contributed by atoms with Crippen molar-refractivity contribution in [1.29, 1.82) is 0 Å². The van der Waals surface area contributed by atoms with Crippen LogP contribution < -0.4 is 10.3 Å². The summed E-state index contributed by atoms with van der Waals surface area (Å²) in [6.45, 7) is 11.8. The lowest BCUT2D eigenvalue weighted by molar-refractivity contribution is -0.133. The van der Waals surface area contributed by atoms with Crippen LogP contribution in [0.15, 0.2) is 29.1 Å². The molecule has 7 nitrogen and oxygen atoms in total. The maximum atomic E-state index is 12.8. The minimum Gasteiger partial charge on any atom is -0.410 e. The molecule has 0 atom stereocenters. The number of nitrogens with zero attached hydrogens (tertiary/aromatic N) is 3. The summed E-state index contributed by atoms with van der Waals surface area (Å²) in [6, 6.07) is 7.36. The molecule has 2 aromatic carbocycles. The third-order valence-electron chi connectivity index (χ3n) is 6.84. The van der Waals surface area contributed by atoms with Crippen molar-refractivity contribution in [1.82, 2.24) is 13.8 Å². The molecule has 0 N–H and O–H groups in total. The van der Waals surface area contributed by atoms with Gasteiger partial charge >= 0.3 is 6.09 Å². The second kappa shape index (κ2) is 9.02. The molecule has 3 aromatic rings. The van der Waals surface area contributed by atoms with Crippen molar-refractivity contribution in [3.05, 3.63) is 62.4 Å². The number of piperazine rings is 1. The van der Waals surface area contributed by atoms with Gasteiger partial charge in [-0.15, -0.1) is 0 Å². The Kier molecular flexibility index (Phi) is 6.30. The molecule has 1 saturated heterocycles. The first-order valence-electron chi connectivity index (χ1n) is 11.1. The van der Waals surface area contributed by atoms with E-state index in [-0.39, 0.29) is 18.0 Å². The molecule has 0 saturated carbocycles. The van der Waals surface area contributed by atoms with Crippen LogP contribution in [-0.2, 0) is 11.3 Å². The highest BCUT2D eigenvalue weighted by atomic mass is 32.1. The fourth-order valence-electron chi connectivity index (χ4n) is 4.25. The molecule has 0 spiro atoms. The zero-order valence-corrected chi connectivity index (χ0v) is 20.5. The van der Waals surface area contributed by atoms with Gasteiger partial charge in [0.15, 0.2) is 0 Å². The van der Waals surface area contributed by atoms with Crippen LogP contribution in [0, 0.1) is 34.6 Å². The molecular weight excluding hydrogens is 438 g/mol. The topological polar surface area (TPSA) is 71.8 Å². The van der Waals surface area contributed by atoms with Crippen LogP contribution >= 0.6 is 11.5 Å². The predicted octanol–water partition coefficient (Wildman–Crippen LogP) is 3.95. The summed E-state index contributed by atoms with van der Waals surface area (Å²) in [4.78, 5) is 41.5. The fraction of sp³-hybridized carbons (Fsp3) is 0.400. The Hall–Kier alpha value is -3.13. The van der Waals surface area contributed by atoms with Crippen LogP contribution in [0.1, 0.15) is 27.8 Å². The number of carbonyl (C=O) groups excluding carboxylic acids is 2. The van der Waals surface area contributed by atoms with Crippen LogP contribution in [-0.4, -0.2) is 51.9 Å². The number of carbonyl (C=O) groups is 2. The fourth-order valence-corrected chi connectivity index (χ4v) is 5.24. The minimum absolute atomic E-state index is 0.0168. The van der Waals surface area contributed by atoms with Crippen molar-refractivity contribution in [2.24, 2.45) is 0 Å². The van der Waals surface area contributed by atoms with Crippen LogP contribution in [0.2, 0.25) is 0 Å². The van der Waals surface area contributed by atoms with Crippen LogP contribution in [0.4, 0.5) is 4.79 Å². The lowest BCUT2D eigenvalue weighted by Crippen LogP contribution is -2.52. The average molecular weight is 468 g/mol. The molecule has 174 valence electrons. The summed E-state index contributed by atoms with van der Waals surface area (Å²) in [7, 11) is 0. The van der Waals surface area contributed by atoms with Crippen LogP contribution in [0.25, 0.3) is 10.1 Å². The van der Waals surface area contributed by atoms with E-state index in [0.717, 1.165) is 27.0 Å². The van der Waals surface area contributed by atoms with Gasteiger partial charge in [0.25, 0.3) is 5.56 Å². The van der Waals surface area contributed by atoms with Gasteiger partial charge < -0.3 is 14.5 Å². The number of hydrogen-bond acceptors (Lipinski definition) is 5. The maximum absolute atomic E-state index is 12.8. The van der Waals surface area contributed by atoms with Gasteiger partial charge in [0.1, 0.15) is 12.3 Å². The Morgan fingerprint density at radius 1 is 0.848 bits per heavy atom. The molecule has 0 bridgehead atoms. The molecule has 8 heteroatoms. The zero-order chi connectivity index (χ0) is 23.9. The first-order chi connectivity index (χ1) is 15.7. The highest BCUT2D eigenvalue weighted by molar-refractivity contribution is 7.13. The lowest BCUT2D eigenvalue weighted by atomic mass is 9.94. The van der Waals surface area contributed by atoms with Gasteiger partial charge in [0.05, 0.1) is 10.1 Å². The van der Waals surface area contributed by atoms with Crippen molar-refractivity contribution in [3.63, 3.8) is 0 Å². The Morgan fingerprint density at radius 2 is 1.39 bits per heavy atom. The first-order valence-corrected chi connectivity index (χ1v) is 11.9. The summed E-state index contributed by atoms with van der Waals surface area (Å²) >= 11 is 1.30. The van der Waals surface area contributed by atoms with Gasteiger partial charge in [-0.3, -0.25) is 13.5 Å². The summed E-state index contributed by atoms with van der Waals surface area (Å²) in [5.41, 5.74) is 5.30. The highest BCUT2D eigenvalue weighted by Crippen LogP contribution is 2.32. The standard InChI is InChI=1S/C25H29N3O4S/c1-15-16(2)18(4)23(19(5)17(15)3)32-25(31)27-12-10-26(11-13-27)22(29)14-28-24(30)20-8-6-7-9-21(20)33-28/h6-9H,10-14H2,1-5H3. The molecule has 33 heavy (non-hydrogen) atoms. The van der Waals surface area contributed by atoms with Crippen molar-refractivity contribution >= 4 is 33.6 Å². The Bertz CT molecular complexity index is 1270. The molecule has 1 fully saturated rings. The van der Waals surface area contributed by atoms with Crippen LogP contribution in [0.5, 0.6) is 5.75 Å². The molecule has 2 heterocycles. The zero-order valence-electron chi connectivity index (χ0n) is 19.7. The van der Waals surface area contributed by atoms with E-state index in [0.29, 0.717) is 37.3 Å². The molecule has 0 radical (unpaired) electrons. The molecule has 4 rings (SSSR count). The van der Waals surface area contributed by atoms with E-state index in [2.05, 4.69) is 6.92 Å². The minimum atomic E-state index is -0.392. The van der Waals surface area contributed by atoms with Gasteiger partial charge in [-0.05, 0) is 74.6 Å². The summed E-state index contributed by atoms with van der Waals surface area (Å²) < 4.78 is 8.18. The summed E-state index contributed by atoms with van der Waals surface area (Å²) in [6.07, 6.45) is -0.392. The van der Waals surface area contributed by atoms with E-state index in [9.17, 15) is 14.4 Å². The normalized spacial score (nSPS) is 14.1. The number of fused-ring (bicyclic) bond motifs is 1. The van der Waals surface area contributed by atoms with E-state index in [1.54, 1.807) is 15.9 Å². The number of ether oxygens (including phenoxy) is 1. The molecular formula is C25H29N3O4S. The number of benzene rings is 2. The summed E-state index contributed by atoms with van der Waals surface area (Å²) in [5, 5.41) is 0.634. The second-order valence-electron chi connectivity index (χ2n) is 8.62. The largest absolute Gasteiger partial charge is 0.415 e. The number of hydrogen-bond donors (Lipinski definition) is 0. The monoisotopic (exact) mass is 467 g/mol. The van der Waals surface area contributed by atoms with Crippen molar-refractivity contribution in [2.75, 3.05) is 26.2 Å². The van der Waals surface area contributed by atoms with Gasteiger partial charge in [-0.2, -0.15) is 0 Å². The van der Waals surface area contributed by atoms with E-state index >= 15 is 0 Å². The van der Waals surface area contributed by atoms with Gasteiger partial charge in [-0.25, -0.2) is 4.79 Å². The molecule has 2 amide bonds. The Labute approximate surface area is 197 Å². The number of rotatable bonds is 3. The van der Waals surface area contributed by atoms with Gasteiger partial charge in [-0.1, -0.05) is 23.7 Å². The van der Waals surface area contributed by atoms with Gasteiger partial charge in [0.2, 0.25) is 5.91 Å². The predicted molar refractivity (Wildman–Crippen MR) is 130 cm³/mol.